The smallest absolute Gasteiger partial charge is 0.277 e. The lowest BCUT2D eigenvalue weighted by atomic mass is 10.0. The molecule has 0 saturated heterocycles. The molecule has 1 amide bonds. The number of nitrogens with two attached hydrogens (primary N) is 1. The SMILES string of the molecule is Cc1ccc([C@H]([NH2+]CC(=O)N(C)[C@@H](C)c2ccccc2)c2cccs2)cc1. The van der Waals surface area contributed by atoms with Crippen LogP contribution in [0.3, 0.4) is 0 Å². The average molecular weight is 380 g/mol. The molecule has 0 saturated carbocycles. The summed E-state index contributed by atoms with van der Waals surface area (Å²) in [6.45, 7) is 4.59. The van der Waals surface area contributed by atoms with Crippen molar-refractivity contribution in [2.75, 3.05) is 13.6 Å². The van der Waals surface area contributed by atoms with E-state index in [1.54, 1.807) is 11.3 Å². The molecular weight excluding hydrogens is 352 g/mol. The number of hydrogen-bond donors (Lipinski definition) is 1. The van der Waals surface area contributed by atoms with Crippen LogP contribution in [-0.2, 0) is 4.79 Å². The molecule has 2 N–H and O–H groups in total. The highest BCUT2D eigenvalue weighted by Crippen LogP contribution is 2.23. The van der Waals surface area contributed by atoms with Crippen LogP contribution >= 0.6 is 11.3 Å². The summed E-state index contributed by atoms with van der Waals surface area (Å²) < 4.78 is 0. The van der Waals surface area contributed by atoms with Gasteiger partial charge >= 0.3 is 0 Å². The van der Waals surface area contributed by atoms with Gasteiger partial charge in [0.1, 0.15) is 6.04 Å². The van der Waals surface area contributed by atoms with Crippen molar-refractivity contribution in [1.29, 1.82) is 0 Å². The number of carbonyl (C=O) groups excluding carboxylic acids is 1. The predicted octanol–water partition coefficient (Wildman–Crippen LogP) is 3.93. The van der Waals surface area contributed by atoms with E-state index in [2.05, 4.69) is 73.1 Å². The number of carbonyl (C=O) groups is 1. The van der Waals surface area contributed by atoms with Gasteiger partial charge in [-0.3, -0.25) is 4.79 Å². The Morgan fingerprint density at radius 3 is 2.33 bits per heavy atom. The zero-order valence-corrected chi connectivity index (χ0v) is 16.9. The molecular formula is C23H27N2OS+. The molecule has 0 unspecified atom stereocenters. The first-order valence-electron chi connectivity index (χ1n) is 9.30. The quantitative estimate of drug-likeness (QED) is 0.663. The number of quaternary nitrogens is 1. The molecule has 2 atom stereocenters. The molecule has 1 aromatic heterocycles. The van der Waals surface area contributed by atoms with Gasteiger partial charge in [-0.2, -0.15) is 0 Å². The van der Waals surface area contributed by atoms with Crippen molar-refractivity contribution in [3.8, 4) is 0 Å². The minimum absolute atomic E-state index is 0.0617. The van der Waals surface area contributed by atoms with Crippen molar-refractivity contribution >= 4 is 17.2 Å². The van der Waals surface area contributed by atoms with Crippen molar-refractivity contribution in [1.82, 2.24) is 4.90 Å². The number of aryl methyl sites for hydroxylation is 1. The van der Waals surface area contributed by atoms with E-state index in [0.29, 0.717) is 6.54 Å². The van der Waals surface area contributed by atoms with Gasteiger partial charge in [-0.05, 0) is 30.9 Å². The zero-order chi connectivity index (χ0) is 19.2. The van der Waals surface area contributed by atoms with E-state index in [9.17, 15) is 4.79 Å². The van der Waals surface area contributed by atoms with Crippen LogP contribution in [-0.4, -0.2) is 24.4 Å². The highest BCUT2D eigenvalue weighted by molar-refractivity contribution is 7.10. The maximum absolute atomic E-state index is 12.8. The summed E-state index contributed by atoms with van der Waals surface area (Å²) in [7, 11) is 1.89. The number of benzene rings is 2. The van der Waals surface area contributed by atoms with Crippen LogP contribution in [0.15, 0.2) is 72.1 Å². The average Bonchev–Trinajstić information content (AvgIpc) is 3.23. The summed E-state index contributed by atoms with van der Waals surface area (Å²) in [6.07, 6.45) is 0. The van der Waals surface area contributed by atoms with E-state index in [-0.39, 0.29) is 18.0 Å². The van der Waals surface area contributed by atoms with Gasteiger partial charge in [0.2, 0.25) is 0 Å². The number of rotatable bonds is 7. The van der Waals surface area contributed by atoms with Crippen molar-refractivity contribution in [3.05, 3.63) is 93.7 Å². The maximum atomic E-state index is 12.8. The molecule has 3 nitrogen and oxygen atoms in total. The lowest BCUT2D eigenvalue weighted by Crippen LogP contribution is -2.87. The fourth-order valence-corrected chi connectivity index (χ4v) is 4.04. The number of nitrogens with zero attached hydrogens (tertiary/aromatic N) is 1. The monoisotopic (exact) mass is 379 g/mol. The van der Waals surface area contributed by atoms with E-state index >= 15 is 0 Å². The number of hydrogen-bond acceptors (Lipinski definition) is 2. The first kappa shape index (κ1) is 19.3. The lowest BCUT2D eigenvalue weighted by molar-refractivity contribution is -0.676. The van der Waals surface area contributed by atoms with Crippen LogP contribution in [0.4, 0.5) is 0 Å². The summed E-state index contributed by atoms with van der Waals surface area (Å²) in [4.78, 5) is 15.9. The van der Waals surface area contributed by atoms with Gasteiger partial charge in [-0.25, -0.2) is 0 Å². The molecule has 3 aromatic rings. The highest BCUT2D eigenvalue weighted by Gasteiger charge is 2.23. The Labute approximate surface area is 165 Å². The van der Waals surface area contributed by atoms with Crippen LogP contribution in [0.1, 0.15) is 40.6 Å². The Morgan fingerprint density at radius 2 is 1.70 bits per heavy atom. The van der Waals surface area contributed by atoms with Gasteiger partial charge in [-0.15, -0.1) is 11.3 Å². The minimum atomic E-state index is 0.0617. The second kappa shape index (κ2) is 8.98. The molecule has 1 heterocycles. The fraction of sp³-hybridized carbons (Fsp3) is 0.261. The topological polar surface area (TPSA) is 36.9 Å². The molecule has 27 heavy (non-hydrogen) atoms. The van der Waals surface area contributed by atoms with E-state index < -0.39 is 0 Å². The van der Waals surface area contributed by atoms with Crippen LogP contribution in [0, 0.1) is 6.92 Å². The second-order valence-electron chi connectivity index (χ2n) is 6.93. The number of likely N-dealkylation sites (N-methyl/N-ethyl adjacent to an activating group) is 1. The normalized spacial score (nSPS) is 13.1. The summed E-state index contributed by atoms with van der Waals surface area (Å²) in [5, 5.41) is 4.24. The largest absolute Gasteiger partial charge is 0.334 e. The highest BCUT2D eigenvalue weighted by atomic mass is 32.1. The Kier molecular flexibility index (Phi) is 6.43. The standard InChI is InChI=1S/C23H26N2OS/c1-17-11-13-20(14-12-17)23(21-10-7-15-27-21)24-16-22(26)25(3)18(2)19-8-5-4-6-9-19/h4-15,18,23-24H,16H2,1-3H3/p+1/t18-,23-/m0/s1. The van der Waals surface area contributed by atoms with E-state index in [0.717, 1.165) is 5.56 Å². The Bertz CT molecular complexity index is 844. The van der Waals surface area contributed by atoms with Crippen LogP contribution in [0.25, 0.3) is 0 Å². The molecule has 0 aliphatic rings. The molecule has 140 valence electrons. The molecule has 0 aliphatic heterocycles. The summed E-state index contributed by atoms with van der Waals surface area (Å²) in [6, 6.07) is 23.2. The Balaban J connectivity index is 1.69. The number of amides is 1. The maximum Gasteiger partial charge on any atom is 0.277 e. The third kappa shape index (κ3) is 4.85. The van der Waals surface area contributed by atoms with E-state index in [4.69, 9.17) is 0 Å². The molecule has 0 spiro atoms. The molecule has 0 bridgehead atoms. The first-order valence-corrected chi connectivity index (χ1v) is 10.2. The van der Waals surface area contributed by atoms with E-state index in [1.807, 2.05) is 30.1 Å². The van der Waals surface area contributed by atoms with Crippen LogP contribution in [0.2, 0.25) is 0 Å². The van der Waals surface area contributed by atoms with Crippen molar-refractivity contribution < 1.29 is 10.1 Å². The fourth-order valence-electron chi connectivity index (χ4n) is 3.19. The van der Waals surface area contributed by atoms with Crippen molar-refractivity contribution in [2.45, 2.75) is 25.9 Å². The van der Waals surface area contributed by atoms with Crippen LogP contribution in [0.5, 0.6) is 0 Å². The Morgan fingerprint density at radius 1 is 1.00 bits per heavy atom. The third-order valence-electron chi connectivity index (χ3n) is 5.07. The van der Waals surface area contributed by atoms with Gasteiger partial charge in [-0.1, -0.05) is 66.2 Å². The molecule has 0 radical (unpaired) electrons. The first-order chi connectivity index (χ1) is 13.1. The molecule has 4 heteroatoms. The molecule has 0 fully saturated rings. The minimum Gasteiger partial charge on any atom is -0.334 e. The van der Waals surface area contributed by atoms with Gasteiger partial charge in [0.15, 0.2) is 6.54 Å². The second-order valence-corrected chi connectivity index (χ2v) is 7.91. The van der Waals surface area contributed by atoms with Gasteiger partial charge in [0, 0.05) is 12.6 Å². The van der Waals surface area contributed by atoms with Crippen molar-refractivity contribution in [3.63, 3.8) is 0 Å². The lowest BCUT2D eigenvalue weighted by Gasteiger charge is -2.25. The summed E-state index contributed by atoms with van der Waals surface area (Å²) in [5.41, 5.74) is 3.63. The van der Waals surface area contributed by atoms with E-state index in [1.165, 1.54) is 16.0 Å². The Hall–Kier alpha value is -2.43. The molecule has 0 aliphatic carbocycles. The van der Waals surface area contributed by atoms with Crippen LogP contribution < -0.4 is 5.32 Å². The third-order valence-corrected chi connectivity index (χ3v) is 6.03. The number of thiophene rings is 1. The van der Waals surface area contributed by atoms with Gasteiger partial charge in [0.25, 0.3) is 5.91 Å². The van der Waals surface area contributed by atoms with Gasteiger partial charge < -0.3 is 10.2 Å². The molecule has 2 aromatic carbocycles. The summed E-state index contributed by atoms with van der Waals surface area (Å²) >= 11 is 1.74. The van der Waals surface area contributed by atoms with Gasteiger partial charge in [0.05, 0.1) is 10.9 Å². The molecule has 3 rings (SSSR count). The van der Waals surface area contributed by atoms with Crippen molar-refractivity contribution in [2.24, 2.45) is 0 Å². The summed E-state index contributed by atoms with van der Waals surface area (Å²) in [5.74, 6) is 0.139. The zero-order valence-electron chi connectivity index (χ0n) is 16.1. The predicted molar refractivity (Wildman–Crippen MR) is 112 cm³/mol.